The van der Waals surface area contributed by atoms with Crippen molar-refractivity contribution in [3.63, 3.8) is 0 Å². The number of alkyl halides is 1. The SMILES string of the molecule is CCN1CCN(c2nc(C)cc(C)c2CCl)CC1. The van der Waals surface area contributed by atoms with Crippen LogP contribution in [0.4, 0.5) is 5.82 Å². The van der Waals surface area contributed by atoms with Gasteiger partial charge in [0.2, 0.25) is 0 Å². The highest BCUT2D eigenvalue weighted by atomic mass is 35.5. The second-order valence-electron chi connectivity index (χ2n) is 4.94. The summed E-state index contributed by atoms with van der Waals surface area (Å²) in [7, 11) is 0. The highest BCUT2D eigenvalue weighted by Gasteiger charge is 2.20. The van der Waals surface area contributed by atoms with Crippen LogP contribution in [0.15, 0.2) is 6.07 Å². The molecule has 1 aromatic heterocycles. The maximum atomic E-state index is 6.09. The van der Waals surface area contributed by atoms with Gasteiger partial charge in [-0.25, -0.2) is 4.98 Å². The second-order valence-corrected chi connectivity index (χ2v) is 5.20. The van der Waals surface area contributed by atoms with Crippen molar-refractivity contribution in [3.8, 4) is 0 Å². The maximum absolute atomic E-state index is 6.09. The lowest BCUT2D eigenvalue weighted by Gasteiger charge is -2.36. The number of pyridine rings is 1. The Balaban J connectivity index is 2.23. The minimum absolute atomic E-state index is 0.544. The molecule has 0 amide bonds. The molecular weight excluding hydrogens is 246 g/mol. The van der Waals surface area contributed by atoms with Crippen LogP contribution in [-0.4, -0.2) is 42.6 Å². The zero-order valence-electron chi connectivity index (χ0n) is 11.5. The second kappa shape index (κ2) is 5.89. The number of piperazine rings is 1. The fourth-order valence-corrected chi connectivity index (χ4v) is 2.88. The Kier molecular flexibility index (Phi) is 4.46. The zero-order valence-corrected chi connectivity index (χ0v) is 12.3. The molecule has 1 saturated heterocycles. The topological polar surface area (TPSA) is 19.4 Å². The first-order valence-electron chi connectivity index (χ1n) is 6.66. The van der Waals surface area contributed by atoms with Gasteiger partial charge in [-0.05, 0) is 32.0 Å². The number of halogens is 1. The average Bonchev–Trinajstić information content (AvgIpc) is 2.38. The molecule has 2 heterocycles. The van der Waals surface area contributed by atoms with E-state index in [-0.39, 0.29) is 0 Å². The van der Waals surface area contributed by atoms with Gasteiger partial charge >= 0.3 is 0 Å². The number of aryl methyl sites for hydroxylation is 2. The monoisotopic (exact) mass is 267 g/mol. The molecule has 0 aliphatic carbocycles. The van der Waals surface area contributed by atoms with Crippen molar-refractivity contribution in [2.75, 3.05) is 37.6 Å². The van der Waals surface area contributed by atoms with Gasteiger partial charge in [-0.1, -0.05) is 6.92 Å². The van der Waals surface area contributed by atoms with Crippen molar-refractivity contribution >= 4 is 17.4 Å². The first-order chi connectivity index (χ1) is 8.65. The first kappa shape index (κ1) is 13.6. The van der Waals surface area contributed by atoms with Crippen LogP contribution in [0, 0.1) is 13.8 Å². The molecule has 4 heteroatoms. The van der Waals surface area contributed by atoms with E-state index in [1.807, 2.05) is 0 Å². The molecule has 1 aliphatic heterocycles. The molecule has 1 fully saturated rings. The van der Waals surface area contributed by atoms with E-state index in [4.69, 9.17) is 16.6 Å². The Hall–Kier alpha value is -0.800. The molecule has 0 atom stereocenters. The van der Waals surface area contributed by atoms with Gasteiger partial charge in [0.1, 0.15) is 5.82 Å². The lowest BCUT2D eigenvalue weighted by atomic mass is 10.1. The van der Waals surface area contributed by atoms with E-state index in [9.17, 15) is 0 Å². The number of nitrogens with zero attached hydrogens (tertiary/aromatic N) is 3. The summed E-state index contributed by atoms with van der Waals surface area (Å²) in [6.45, 7) is 11.9. The molecule has 2 rings (SSSR count). The minimum atomic E-state index is 0.544. The van der Waals surface area contributed by atoms with E-state index in [1.54, 1.807) is 0 Å². The van der Waals surface area contributed by atoms with Crippen LogP contribution < -0.4 is 4.90 Å². The molecule has 0 aromatic carbocycles. The maximum Gasteiger partial charge on any atom is 0.133 e. The summed E-state index contributed by atoms with van der Waals surface area (Å²) in [5, 5.41) is 0. The molecule has 1 aliphatic rings. The van der Waals surface area contributed by atoms with Crippen LogP contribution in [-0.2, 0) is 5.88 Å². The summed E-state index contributed by atoms with van der Waals surface area (Å²) >= 11 is 6.09. The lowest BCUT2D eigenvalue weighted by molar-refractivity contribution is 0.270. The number of hydrogen-bond donors (Lipinski definition) is 0. The van der Waals surface area contributed by atoms with E-state index in [0.29, 0.717) is 5.88 Å². The van der Waals surface area contributed by atoms with Gasteiger partial charge in [0.25, 0.3) is 0 Å². The Morgan fingerprint density at radius 3 is 2.44 bits per heavy atom. The number of likely N-dealkylation sites (N-methyl/N-ethyl adjacent to an activating group) is 1. The zero-order chi connectivity index (χ0) is 13.1. The van der Waals surface area contributed by atoms with Crippen LogP contribution >= 0.6 is 11.6 Å². The third-order valence-corrected chi connectivity index (χ3v) is 3.97. The lowest BCUT2D eigenvalue weighted by Crippen LogP contribution is -2.46. The summed E-state index contributed by atoms with van der Waals surface area (Å²) in [5.41, 5.74) is 3.52. The summed E-state index contributed by atoms with van der Waals surface area (Å²) in [4.78, 5) is 9.55. The van der Waals surface area contributed by atoms with E-state index < -0.39 is 0 Å². The largest absolute Gasteiger partial charge is 0.354 e. The molecule has 100 valence electrons. The molecule has 0 N–H and O–H groups in total. The quantitative estimate of drug-likeness (QED) is 0.785. The molecule has 3 nitrogen and oxygen atoms in total. The Bertz CT molecular complexity index is 412. The summed E-state index contributed by atoms with van der Waals surface area (Å²) in [6, 6.07) is 2.11. The average molecular weight is 268 g/mol. The smallest absolute Gasteiger partial charge is 0.133 e. The number of rotatable bonds is 3. The minimum Gasteiger partial charge on any atom is -0.354 e. The molecule has 0 unspecified atom stereocenters. The predicted molar refractivity (Wildman–Crippen MR) is 77.6 cm³/mol. The van der Waals surface area contributed by atoms with Gasteiger partial charge in [-0.3, -0.25) is 0 Å². The van der Waals surface area contributed by atoms with Gasteiger partial charge < -0.3 is 9.80 Å². The standard InChI is InChI=1S/C14H22ClN3/c1-4-17-5-7-18(8-6-17)14-13(10-15)11(2)9-12(3)16-14/h9H,4-8,10H2,1-3H3. The fraction of sp³-hybridized carbons (Fsp3) is 0.643. The number of hydrogen-bond acceptors (Lipinski definition) is 3. The van der Waals surface area contributed by atoms with Crippen molar-refractivity contribution in [3.05, 3.63) is 22.9 Å². The van der Waals surface area contributed by atoms with Crippen molar-refractivity contribution in [2.45, 2.75) is 26.7 Å². The van der Waals surface area contributed by atoms with Crippen LogP contribution in [0.25, 0.3) is 0 Å². The third kappa shape index (κ3) is 2.78. The third-order valence-electron chi connectivity index (χ3n) is 3.71. The van der Waals surface area contributed by atoms with Crippen LogP contribution in [0.5, 0.6) is 0 Å². The normalized spacial score (nSPS) is 17.2. The van der Waals surface area contributed by atoms with Gasteiger partial charge in [-0.15, -0.1) is 11.6 Å². The van der Waals surface area contributed by atoms with Gasteiger partial charge in [0, 0.05) is 37.4 Å². The van der Waals surface area contributed by atoms with Crippen molar-refractivity contribution in [1.82, 2.24) is 9.88 Å². The summed E-state index contributed by atoms with van der Waals surface area (Å²) in [5.74, 6) is 1.64. The van der Waals surface area contributed by atoms with Crippen molar-refractivity contribution < 1.29 is 0 Å². The van der Waals surface area contributed by atoms with Gasteiger partial charge in [0.05, 0.1) is 5.88 Å². The Morgan fingerprint density at radius 2 is 1.89 bits per heavy atom. The molecule has 0 radical (unpaired) electrons. The van der Waals surface area contributed by atoms with Crippen molar-refractivity contribution in [2.24, 2.45) is 0 Å². The van der Waals surface area contributed by atoms with E-state index in [1.165, 1.54) is 11.1 Å². The van der Waals surface area contributed by atoms with Gasteiger partial charge in [-0.2, -0.15) is 0 Å². The molecule has 18 heavy (non-hydrogen) atoms. The number of anilines is 1. The van der Waals surface area contributed by atoms with E-state index in [0.717, 1.165) is 44.2 Å². The van der Waals surface area contributed by atoms with Crippen LogP contribution in [0.2, 0.25) is 0 Å². The van der Waals surface area contributed by atoms with E-state index >= 15 is 0 Å². The first-order valence-corrected chi connectivity index (χ1v) is 7.19. The molecule has 0 saturated carbocycles. The predicted octanol–water partition coefficient (Wildman–Crippen LogP) is 2.58. The highest BCUT2D eigenvalue weighted by Crippen LogP contribution is 2.25. The fourth-order valence-electron chi connectivity index (χ4n) is 2.55. The van der Waals surface area contributed by atoms with E-state index in [2.05, 4.69) is 36.6 Å². The molecule has 1 aromatic rings. The molecule has 0 bridgehead atoms. The summed E-state index contributed by atoms with van der Waals surface area (Å²) < 4.78 is 0. The van der Waals surface area contributed by atoms with Crippen LogP contribution in [0.3, 0.4) is 0 Å². The Morgan fingerprint density at radius 1 is 1.22 bits per heavy atom. The summed E-state index contributed by atoms with van der Waals surface area (Å²) in [6.07, 6.45) is 0. The van der Waals surface area contributed by atoms with Crippen molar-refractivity contribution in [1.29, 1.82) is 0 Å². The van der Waals surface area contributed by atoms with Gasteiger partial charge in [0.15, 0.2) is 0 Å². The molecule has 0 spiro atoms. The highest BCUT2D eigenvalue weighted by molar-refractivity contribution is 6.17. The molecular formula is C14H22ClN3. The Labute approximate surface area is 115 Å². The number of aromatic nitrogens is 1. The van der Waals surface area contributed by atoms with Crippen LogP contribution in [0.1, 0.15) is 23.7 Å².